The summed E-state index contributed by atoms with van der Waals surface area (Å²) in [4.78, 5) is 26.2. The lowest BCUT2D eigenvalue weighted by molar-refractivity contribution is -0.139. The molecule has 0 radical (unpaired) electrons. The Balaban J connectivity index is 4.37. The molecule has 164 valence electrons. The van der Waals surface area contributed by atoms with Crippen LogP contribution in [0.4, 0.5) is 0 Å². The fourth-order valence-electron chi connectivity index (χ4n) is 3.04. The molecule has 1 amide bonds. The van der Waals surface area contributed by atoms with Crippen molar-refractivity contribution in [2.24, 2.45) is 5.92 Å². The molecular weight excluding hydrogens is 350 g/mol. The van der Waals surface area contributed by atoms with E-state index in [1.807, 2.05) is 18.7 Å². The number of carbonyl (C=O) groups excluding carboxylic acids is 2. The summed E-state index contributed by atoms with van der Waals surface area (Å²) in [5.41, 5.74) is 0. The van der Waals surface area contributed by atoms with Crippen LogP contribution in [0.25, 0.3) is 0 Å². The van der Waals surface area contributed by atoms with Crippen molar-refractivity contribution in [3.63, 3.8) is 0 Å². The van der Waals surface area contributed by atoms with Crippen molar-refractivity contribution in [2.75, 3.05) is 19.7 Å². The van der Waals surface area contributed by atoms with E-state index in [1.54, 1.807) is 0 Å². The van der Waals surface area contributed by atoms with Crippen LogP contribution >= 0.6 is 0 Å². The summed E-state index contributed by atoms with van der Waals surface area (Å²) < 4.78 is 5.11. The van der Waals surface area contributed by atoms with E-state index in [2.05, 4.69) is 13.8 Å². The molecule has 0 unspecified atom stereocenters. The number of ether oxygens (including phenoxy) is 1. The molecule has 0 aliphatic rings. The average Bonchev–Trinajstić information content (AvgIpc) is 2.68. The van der Waals surface area contributed by atoms with E-state index in [0.717, 1.165) is 25.9 Å². The van der Waals surface area contributed by atoms with E-state index in [-0.39, 0.29) is 5.91 Å². The molecule has 0 heterocycles. The first-order valence-corrected chi connectivity index (χ1v) is 11.6. The molecule has 0 saturated carbocycles. The van der Waals surface area contributed by atoms with Crippen LogP contribution < -0.4 is 0 Å². The minimum atomic E-state index is -0.430. The number of hydrogen-bond acceptors (Lipinski definition) is 3. The number of rotatable bonds is 18. The van der Waals surface area contributed by atoms with Gasteiger partial charge in [0.15, 0.2) is 0 Å². The van der Waals surface area contributed by atoms with E-state index < -0.39 is 5.97 Å². The zero-order valence-corrected chi connectivity index (χ0v) is 19.0. The van der Waals surface area contributed by atoms with Gasteiger partial charge in [-0.15, -0.1) is 0 Å². The predicted octanol–water partition coefficient (Wildman–Crippen LogP) is 6.29. The molecule has 0 aromatic rings. The molecule has 0 atom stereocenters. The van der Waals surface area contributed by atoms with Crippen LogP contribution in [-0.2, 0) is 14.3 Å². The van der Waals surface area contributed by atoms with Crippen molar-refractivity contribution < 1.29 is 14.3 Å². The SMILES string of the molecule is CCCCCCCCN(CCCCCCCC)C(=O)/C=C/C(=O)OCC(C)C. The van der Waals surface area contributed by atoms with Crippen LogP contribution in [0.2, 0.25) is 0 Å². The minimum Gasteiger partial charge on any atom is -0.462 e. The second-order valence-electron chi connectivity index (χ2n) is 8.22. The second-order valence-corrected chi connectivity index (χ2v) is 8.22. The molecule has 0 fully saturated rings. The van der Waals surface area contributed by atoms with Gasteiger partial charge in [0.25, 0.3) is 0 Å². The van der Waals surface area contributed by atoms with E-state index in [9.17, 15) is 9.59 Å². The van der Waals surface area contributed by atoms with Gasteiger partial charge in [-0.25, -0.2) is 4.79 Å². The minimum absolute atomic E-state index is 0.0661. The molecule has 4 heteroatoms. The molecule has 0 saturated heterocycles. The lowest BCUT2D eigenvalue weighted by Crippen LogP contribution is -2.31. The standard InChI is InChI=1S/C24H45NO3/c1-5-7-9-11-13-15-19-25(20-16-14-12-10-8-6-2)23(26)17-18-24(27)28-21-22(3)4/h17-18,22H,5-16,19-21H2,1-4H3/b18-17+. The van der Waals surface area contributed by atoms with Crippen LogP contribution in [0, 0.1) is 5.92 Å². The third-order valence-corrected chi connectivity index (χ3v) is 4.80. The number of esters is 1. The molecule has 4 nitrogen and oxygen atoms in total. The Labute approximate surface area is 174 Å². The Morgan fingerprint density at radius 2 is 1.21 bits per heavy atom. The Morgan fingerprint density at radius 3 is 1.68 bits per heavy atom. The van der Waals surface area contributed by atoms with Gasteiger partial charge in [-0.1, -0.05) is 91.9 Å². The molecule has 28 heavy (non-hydrogen) atoms. The molecule has 0 aliphatic heterocycles. The summed E-state index contributed by atoms with van der Waals surface area (Å²) in [6.45, 7) is 10.4. The van der Waals surface area contributed by atoms with Crippen molar-refractivity contribution in [3.8, 4) is 0 Å². The molecular formula is C24H45NO3. The zero-order chi connectivity index (χ0) is 21.0. The monoisotopic (exact) mass is 395 g/mol. The van der Waals surface area contributed by atoms with Crippen LogP contribution in [0.3, 0.4) is 0 Å². The van der Waals surface area contributed by atoms with Gasteiger partial charge in [-0.2, -0.15) is 0 Å². The Bertz CT molecular complexity index is 402. The van der Waals surface area contributed by atoms with Gasteiger partial charge in [-0.3, -0.25) is 4.79 Å². The van der Waals surface area contributed by atoms with Gasteiger partial charge in [0.1, 0.15) is 0 Å². The number of carbonyl (C=O) groups is 2. The molecule has 0 aromatic heterocycles. The summed E-state index contributed by atoms with van der Waals surface area (Å²) in [6.07, 6.45) is 17.2. The molecule has 0 bridgehead atoms. The predicted molar refractivity (Wildman–Crippen MR) is 118 cm³/mol. The highest BCUT2D eigenvalue weighted by molar-refractivity contribution is 5.94. The van der Waals surface area contributed by atoms with E-state index in [4.69, 9.17) is 4.74 Å². The van der Waals surface area contributed by atoms with E-state index in [1.165, 1.54) is 76.4 Å². The number of hydrogen-bond donors (Lipinski definition) is 0. The van der Waals surface area contributed by atoms with Crippen molar-refractivity contribution in [1.82, 2.24) is 4.90 Å². The zero-order valence-electron chi connectivity index (χ0n) is 19.0. The largest absolute Gasteiger partial charge is 0.462 e. The fraction of sp³-hybridized carbons (Fsp3) is 0.833. The van der Waals surface area contributed by atoms with Crippen LogP contribution in [0.5, 0.6) is 0 Å². The molecule has 0 spiro atoms. The van der Waals surface area contributed by atoms with Gasteiger partial charge < -0.3 is 9.64 Å². The lowest BCUT2D eigenvalue weighted by Gasteiger charge is -2.21. The third-order valence-electron chi connectivity index (χ3n) is 4.80. The van der Waals surface area contributed by atoms with Crippen LogP contribution in [-0.4, -0.2) is 36.5 Å². The van der Waals surface area contributed by atoms with Gasteiger partial charge in [0.05, 0.1) is 6.61 Å². The van der Waals surface area contributed by atoms with E-state index >= 15 is 0 Å². The van der Waals surface area contributed by atoms with Gasteiger partial charge in [0.2, 0.25) is 5.91 Å². The van der Waals surface area contributed by atoms with Crippen molar-refractivity contribution in [2.45, 2.75) is 105 Å². The highest BCUT2D eigenvalue weighted by Crippen LogP contribution is 2.09. The maximum atomic E-state index is 12.5. The average molecular weight is 396 g/mol. The van der Waals surface area contributed by atoms with Crippen LogP contribution in [0.1, 0.15) is 105 Å². The Hall–Kier alpha value is -1.32. The highest BCUT2D eigenvalue weighted by atomic mass is 16.5. The Kier molecular flexibility index (Phi) is 18.1. The summed E-state index contributed by atoms with van der Waals surface area (Å²) in [5.74, 6) is -0.199. The van der Waals surface area contributed by atoms with Crippen molar-refractivity contribution in [3.05, 3.63) is 12.2 Å². The van der Waals surface area contributed by atoms with Crippen LogP contribution in [0.15, 0.2) is 12.2 Å². The van der Waals surface area contributed by atoms with E-state index in [0.29, 0.717) is 12.5 Å². The quantitative estimate of drug-likeness (QED) is 0.156. The number of nitrogens with zero attached hydrogens (tertiary/aromatic N) is 1. The van der Waals surface area contributed by atoms with Crippen molar-refractivity contribution >= 4 is 11.9 Å². The smallest absolute Gasteiger partial charge is 0.330 e. The summed E-state index contributed by atoms with van der Waals surface area (Å²) in [5, 5.41) is 0. The van der Waals surface area contributed by atoms with Gasteiger partial charge in [-0.05, 0) is 18.8 Å². The molecule has 0 N–H and O–H groups in total. The first-order valence-electron chi connectivity index (χ1n) is 11.6. The normalized spacial score (nSPS) is 11.3. The summed E-state index contributed by atoms with van der Waals surface area (Å²) in [7, 11) is 0. The summed E-state index contributed by atoms with van der Waals surface area (Å²) in [6, 6.07) is 0. The number of amides is 1. The Morgan fingerprint density at radius 1 is 0.750 bits per heavy atom. The third kappa shape index (κ3) is 16.8. The second kappa shape index (κ2) is 19.0. The van der Waals surface area contributed by atoms with Gasteiger partial charge >= 0.3 is 5.97 Å². The highest BCUT2D eigenvalue weighted by Gasteiger charge is 2.11. The van der Waals surface area contributed by atoms with Crippen molar-refractivity contribution in [1.29, 1.82) is 0 Å². The summed E-state index contributed by atoms with van der Waals surface area (Å²) >= 11 is 0. The van der Waals surface area contributed by atoms with Gasteiger partial charge in [0, 0.05) is 25.2 Å². The molecule has 0 aliphatic carbocycles. The molecule has 0 rings (SSSR count). The first kappa shape index (κ1) is 26.7. The first-order chi connectivity index (χ1) is 13.5. The maximum Gasteiger partial charge on any atom is 0.330 e. The maximum absolute atomic E-state index is 12.5. The number of unbranched alkanes of at least 4 members (excludes halogenated alkanes) is 10. The fourth-order valence-corrected chi connectivity index (χ4v) is 3.04. The topological polar surface area (TPSA) is 46.6 Å². The lowest BCUT2D eigenvalue weighted by atomic mass is 10.1. The molecule has 0 aromatic carbocycles.